The van der Waals surface area contributed by atoms with Crippen LogP contribution in [-0.4, -0.2) is 35.0 Å². The predicted octanol–water partition coefficient (Wildman–Crippen LogP) is 5.44. The number of hydrogen-bond donors (Lipinski definition) is 1. The maximum Gasteiger partial charge on any atom is 0.417 e. The molecule has 1 aliphatic carbocycles. The number of aliphatic hydroxyl groups excluding tert-OH is 1. The van der Waals surface area contributed by atoms with Gasteiger partial charge in [0.15, 0.2) is 0 Å². The van der Waals surface area contributed by atoms with Gasteiger partial charge in [0.25, 0.3) is 0 Å². The van der Waals surface area contributed by atoms with Gasteiger partial charge in [-0.25, -0.2) is 0 Å². The molecule has 1 aromatic heterocycles. The molecule has 0 saturated heterocycles. The van der Waals surface area contributed by atoms with Crippen molar-refractivity contribution in [3.63, 3.8) is 0 Å². The molecule has 3 aromatic rings. The zero-order valence-corrected chi connectivity index (χ0v) is 19.3. The van der Waals surface area contributed by atoms with Crippen LogP contribution >= 0.6 is 0 Å². The van der Waals surface area contributed by atoms with Gasteiger partial charge in [-0.15, -0.1) is 0 Å². The van der Waals surface area contributed by atoms with E-state index >= 15 is 0 Å². The van der Waals surface area contributed by atoms with Crippen LogP contribution < -0.4 is 4.74 Å². The number of alkyl halides is 3. The smallest absolute Gasteiger partial charge is 0.417 e. The van der Waals surface area contributed by atoms with Crippen LogP contribution in [0.2, 0.25) is 0 Å². The molecule has 0 radical (unpaired) electrons. The van der Waals surface area contributed by atoms with Crippen LogP contribution in [-0.2, 0) is 22.8 Å². The van der Waals surface area contributed by atoms with E-state index in [1.165, 1.54) is 12.1 Å². The number of para-hydroxylation sites is 1. The molecule has 4 atom stereocenters. The Bertz CT molecular complexity index is 1190. The molecule has 4 rings (SSSR count). The molecule has 5 nitrogen and oxygen atoms in total. The van der Waals surface area contributed by atoms with Crippen LogP contribution in [0.15, 0.2) is 48.5 Å². The normalized spacial score (nSPS) is 21.2. The molecule has 1 saturated carbocycles. The summed E-state index contributed by atoms with van der Waals surface area (Å²) in [6, 6.07) is 12.9. The van der Waals surface area contributed by atoms with Crippen molar-refractivity contribution in [3.8, 4) is 17.0 Å². The lowest BCUT2D eigenvalue weighted by Gasteiger charge is -2.38. The van der Waals surface area contributed by atoms with Crippen molar-refractivity contribution in [2.75, 3.05) is 13.2 Å². The van der Waals surface area contributed by atoms with E-state index in [9.17, 15) is 23.1 Å². The summed E-state index contributed by atoms with van der Waals surface area (Å²) < 4.78 is 54.0. The first-order valence-corrected chi connectivity index (χ1v) is 11.3. The Balaban J connectivity index is 1.45. The van der Waals surface area contributed by atoms with E-state index in [0.717, 1.165) is 23.4 Å². The maximum absolute atomic E-state index is 13.9. The fourth-order valence-electron chi connectivity index (χ4n) is 4.49. The number of ether oxygens (including phenoxy) is 2. The maximum atomic E-state index is 13.9. The summed E-state index contributed by atoms with van der Waals surface area (Å²) in [6.45, 7) is 3.49. The van der Waals surface area contributed by atoms with Crippen molar-refractivity contribution >= 4 is 16.9 Å². The SMILES string of the molecule is CC1CC(C(=O)OCC(O)COc2ccc(-c3cc4ccccc4n3C)c(C(F)(F)F)c2)C1C. The number of fused-ring (bicyclic) bond motifs is 1. The number of aryl methyl sites for hydroxylation is 1. The van der Waals surface area contributed by atoms with Gasteiger partial charge in [-0.2, -0.15) is 13.2 Å². The zero-order valence-electron chi connectivity index (χ0n) is 19.3. The highest BCUT2D eigenvalue weighted by Crippen LogP contribution is 2.41. The molecular formula is C26H28F3NO4. The van der Waals surface area contributed by atoms with Gasteiger partial charge in [0, 0.05) is 29.2 Å². The highest BCUT2D eigenvalue weighted by Gasteiger charge is 2.40. The summed E-state index contributed by atoms with van der Waals surface area (Å²) in [5.41, 5.74) is 0.475. The zero-order chi connectivity index (χ0) is 24.6. The van der Waals surface area contributed by atoms with E-state index in [1.54, 1.807) is 17.7 Å². The Morgan fingerprint density at radius 2 is 1.88 bits per heavy atom. The first-order valence-electron chi connectivity index (χ1n) is 11.3. The number of benzene rings is 2. The molecule has 1 N–H and O–H groups in total. The number of nitrogens with zero attached hydrogens (tertiary/aromatic N) is 1. The highest BCUT2D eigenvalue weighted by atomic mass is 19.4. The van der Waals surface area contributed by atoms with Gasteiger partial charge in [0.2, 0.25) is 0 Å². The lowest BCUT2D eigenvalue weighted by molar-refractivity contribution is -0.160. The van der Waals surface area contributed by atoms with Gasteiger partial charge < -0.3 is 19.1 Å². The van der Waals surface area contributed by atoms with Gasteiger partial charge in [0.05, 0.1) is 11.5 Å². The second kappa shape index (κ2) is 9.33. The van der Waals surface area contributed by atoms with Crippen molar-refractivity contribution in [1.82, 2.24) is 4.57 Å². The van der Waals surface area contributed by atoms with E-state index in [0.29, 0.717) is 11.6 Å². The second-order valence-electron chi connectivity index (χ2n) is 9.13. The summed E-state index contributed by atoms with van der Waals surface area (Å²) in [7, 11) is 1.73. The number of hydrogen-bond acceptors (Lipinski definition) is 4. The third kappa shape index (κ3) is 4.78. The van der Waals surface area contributed by atoms with E-state index in [4.69, 9.17) is 9.47 Å². The Labute approximate surface area is 196 Å². The number of rotatable bonds is 7. The first kappa shape index (κ1) is 24.1. The minimum atomic E-state index is -4.60. The predicted molar refractivity (Wildman–Crippen MR) is 122 cm³/mol. The average Bonchev–Trinajstić information content (AvgIpc) is 3.15. The van der Waals surface area contributed by atoms with Gasteiger partial charge in [0.1, 0.15) is 25.1 Å². The molecule has 1 aliphatic rings. The van der Waals surface area contributed by atoms with Crippen molar-refractivity contribution in [3.05, 3.63) is 54.1 Å². The molecule has 0 amide bonds. The fourth-order valence-corrected chi connectivity index (χ4v) is 4.49. The van der Waals surface area contributed by atoms with Gasteiger partial charge >= 0.3 is 12.1 Å². The third-order valence-corrected chi connectivity index (χ3v) is 6.85. The molecular weight excluding hydrogens is 447 g/mol. The second-order valence-corrected chi connectivity index (χ2v) is 9.13. The first-order chi connectivity index (χ1) is 16.1. The molecule has 34 heavy (non-hydrogen) atoms. The number of carbonyl (C=O) groups is 1. The largest absolute Gasteiger partial charge is 0.491 e. The molecule has 0 spiro atoms. The van der Waals surface area contributed by atoms with Crippen molar-refractivity contribution in [2.45, 2.75) is 32.5 Å². The van der Waals surface area contributed by atoms with Crippen molar-refractivity contribution < 1.29 is 32.5 Å². The monoisotopic (exact) mass is 475 g/mol. The lowest BCUT2D eigenvalue weighted by Crippen LogP contribution is -2.40. The summed E-state index contributed by atoms with van der Waals surface area (Å²) in [4.78, 5) is 12.1. The molecule has 2 aromatic carbocycles. The van der Waals surface area contributed by atoms with Gasteiger partial charge in [-0.1, -0.05) is 32.0 Å². The number of carbonyl (C=O) groups excluding carboxylic acids is 1. The molecule has 0 aliphatic heterocycles. The van der Waals surface area contributed by atoms with Crippen molar-refractivity contribution in [1.29, 1.82) is 0 Å². The Hall–Kier alpha value is -3.00. The van der Waals surface area contributed by atoms with Gasteiger partial charge in [-0.3, -0.25) is 4.79 Å². The van der Waals surface area contributed by atoms with Crippen LogP contribution in [0.1, 0.15) is 25.8 Å². The third-order valence-electron chi connectivity index (χ3n) is 6.85. The summed E-state index contributed by atoms with van der Waals surface area (Å²) >= 11 is 0. The fraction of sp³-hybridized carbons (Fsp3) is 0.423. The quantitative estimate of drug-likeness (QED) is 0.463. The van der Waals surface area contributed by atoms with Crippen molar-refractivity contribution in [2.24, 2.45) is 24.8 Å². The van der Waals surface area contributed by atoms with Crippen LogP contribution in [0.25, 0.3) is 22.2 Å². The topological polar surface area (TPSA) is 60.7 Å². The molecule has 8 heteroatoms. The van der Waals surface area contributed by atoms with E-state index < -0.39 is 17.8 Å². The van der Waals surface area contributed by atoms with E-state index in [1.807, 2.05) is 31.2 Å². The van der Waals surface area contributed by atoms with Crippen LogP contribution in [0.4, 0.5) is 13.2 Å². The molecule has 1 fully saturated rings. The number of esters is 1. The minimum Gasteiger partial charge on any atom is -0.491 e. The molecule has 4 unspecified atom stereocenters. The van der Waals surface area contributed by atoms with Gasteiger partial charge in [-0.05, 0) is 48.6 Å². The lowest BCUT2D eigenvalue weighted by atomic mass is 9.67. The minimum absolute atomic E-state index is 0.0262. The molecule has 1 heterocycles. The Morgan fingerprint density at radius 1 is 1.15 bits per heavy atom. The Kier molecular flexibility index (Phi) is 6.62. The summed E-state index contributed by atoms with van der Waals surface area (Å²) in [5.74, 6) is 0.150. The highest BCUT2D eigenvalue weighted by molar-refractivity contribution is 5.87. The van der Waals surface area contributed by atoms with E-state index in [2.05, 4.69) is 6.92 Å². The van der Waals surface area contributed by atoms with E-state index in [-0.39, 0.29) is 42.3 Å². The number of aromatic nitrogens is 1. The van der Waals surface area contributed by atoms with Crippen LogP contribution in [0, 0.1) is 17.8 Å². The van der Waals surface area contributed by atoms with Crippen LogP contribution in [0.3, 0.4) is 0 Å². The van der Waals surface area contributed by atoms with Crippen LogP contribution in [0.5, 0.6) is 5.75 Å². The molecule has 0 bridgehead atoms. The average molecular weight is 476 g/mol. The standard InChI is InChI=1S/C26H28F3NO4/c1-15-10-21(16(15)2)25(32)34-14-18(31)13-33-19-8-9-20(22(12-19)26(27,28)29)24-11-17-6-4-5-7-23(17)30(24)3/h4-9,11-12,15-16,18,21,31H,10,13-14H2,1-3H3. The summed E-state index contributed by atoms with van der Waals surface area (Å²) in [5, 5.41) is 10.9. The molecule has 182 valence electrons. The Morgan fingerprint density at radius 3 is 2.53 bits per heavy atom. The number of aliphatic hydroxyl groups is 1. The number of halogens is 3. The summed E-state index contributed by atoms with van der Waals surface area (Å²) in [6.07, 6.45) is -4.99.